The van der Waals surface area contributed by atoms with Crippen molar-refractivity contribution >= 4 is 5.91 Å². The molecule has 1 aromatic heterocycles. The van der Waals surface area contributed by atoms with E-state index in [4.69, 9.17) is 4.74 Å². The molecule has 1 saturated heterocycles. The Balaban J connectivity index is 1.44. The first-order valence-electron chi connectivity index (χ1n) is 10.5. The lowest BCUT2D eigenvalue weighted by Gasteiger charge is -2.23. The van der Waals surface area contributed by atoms with E-state index in [0.29, 0.717) is 31.2 Å². The van der Waals surface area contributed by atoms with Gasteiger partial charge in [-0.05, 0) is 55.7 Å². The second-order valence-corrected chi connectivity index (χ2v) is 8.38. The molecule has 0 aliphatic carbocycles. The number of ether oxygens (including phenoxy) is 1. The quantitative estimate of drug-likeness (QED) is 0.656. The number of hydrogen-bond donors (Lipinski definition) is 0. The van der Waals surface area contributed by atoms with Crippen LogP contribution in [0.1, 0.15) is 34.6 Å². The van der Waals surface area contributed by atoms with Gasteiger partial charge in [-0.15, -0.1) is 10.2 Å². The molecule has 2 aromatic carbocycles. The molecule has 2 aliphatic rings. The zero-order valence-electron chi connectivity index (χ0n) is 17.7. The number of aryl methyl sites for hydroxylation is 1. The van der Waals surface area contributed by atoms with Gasteiger partial charge in [0.15, 0.2) is 5.69 Å². The largest absolute Gasteiger partial charge is 0.497 e. The number of methoxy groups -OCH3 is 1. The molecule has 1 spiro atoms. The van der Waals surface area contributed by atoms with Crippen LogP contribution in [0.2, 0.25) is 0 Å². The second-order valence-electron chi connectivity index (χ2n) is 8.38. The molecular formula is C24H24N4O3. The van der Waals surface area contributed by atoms with Crippen LogP contribution in [0.25, 0.3) is 11.3 Å². The molecule has 0 radical (unpaired) electrons. The molecule has 0 N–H and O–H groups in total. The van der Waals surface area contributed by atoms with Crippen LogP contribution in [0.3, 0.4) is 0 Å². The van der Waals surface area contributed by atoms with E-state index in [1.165, 1.54) is 0 Å². The molecule has 0 saturated carbocycles. The minimum atomic E-state index is -0.303. The Hall–Kier alpha value is -3.48. The van der Waals surface area contributed by atoms with Gasteiger partial charge in [0.1, 0.15) is 11.6 Å². The number of rotatable bonds is 3. The van der Waals surface area contributed by atoms with Gasteiger partial charge in [-0.1, -0.05) is 18.2 Å². The lowest BCUT2D eigenvalue weighted by molar-refractivity contribution is 0.0782. The maximum atomic E-state index is 13.2. The highest BCUT2D eigenvalue weighted by molar-refractivity contribution is 5.95. The number of amides is 1. The van der Waals surface area contributed by atoms with Crippen LogP contribution in [0.15, 0.2) is 53.3 Å². The monoisotopic (exact) mass is 416 g/mol. The van der Waals surface area contributed by atoms with E-state index in [0.717, 1.165) is 35.3 Å². The Morgan fingerprint density at radius 3 is 2.52 bits per heavy atom. The van der Waals surface area contributed by atoms with Crippen molar-refractivity contribution in [2.45, 2.75) is 31.7 Å². The van der Waals surface area contributed by atoms with E-state index < -0.39 is 0 Å². The van der Waals surface area contributed by atoms with E-state index in [-0.39, 0.29) is 16.9 Å². The van der Waals surface area contributed by atoms with Crippen LogP contribution in [0.5, 0.6) is 5.75 Å². The molecule has 5 rings (SSSR count). The summed E-state index contributed by atoms with van der Waals surface area (Å²) in [5, 5.41) is 8.81. The lowest BCUT2D eigenvalue weighted by atomic mass is 9.85. The van der Waals surface area contributed by atoms with E-state index >= 15 is 0 Å². The minimum Gasteiger partial charge on any atom is -0.497 e. The van der Waals surface area contributed by atoms with Crippen molar-refractivity contribution in [3.05, 3.63) is 75.8 Å². The van der Waals surface area contributed by atoms with E-state index in [1.54, 1.807) is 11.7 Å². The van der Waals surface area contributed by atoms with Crippen LogP contribution in [0.4, 0.5) is 0 Å². The molecule has 3 aromatic rings. The van der Waals surface area contributed by atoms with Gasteiger partial charge in [0, 0.05) is 30.8 Å². The topological polar surface area (TPSA) is 77.3 Å². The summed E-state index contributed by atoms with van der Waals surface area (Å²) >= 11 is 0. The van der Waals surface area contributed by atoms with Crippen molar-refractivity contribution in [3.63, 3.8) is 0 Å². The Morgan fingerprint density at radius 2 is 1.77 bits per heavy atom. The zero-order valence-corrected chi connectivity index (χ0v) is 17.7. The summed E-state index contributed by atoms with van der Waals surface area (Å²) in [4.78, 5) is 28.2. The fourth-order valence-corrected chi connectivity index (χ4v) is 4.80. The highest BCUT2D eigenvalue weighted by Crippen LogP contribution is 2.41. The van der Waals surface area contributed by atoms with Gasteiger partial charge >= 0.3 is 0 Å². The molecular weight excluding hydrogens is 392 g/mol. The van der Waals surface area contributed by atoms with Crippen LogP contribution < -0.4 is 10.3 Å². The van der Waals surface area contributed by atoms with Gasteiger partial charge in [-0.2, -0.15) is 0 Å². The van der Waals surface area contributed by atoms with Gasteiger partial charge in [0.2, 0.25) is 0 Å². The summed E-state index contributed by atoms with van der Waals surface area (Å²) in [7, 11) is 1.60. The molecule has 7 nitrogen and oxygen atoms in total. The van der Waals surface area contributed by atoms with Crippen molar-refractivity contribution in [2.24, 2.45) is 0 Å². The number of carbonyl (C=O) groups excluding carboxylic acids is 1. The SMILES string of the molecule is COc1ccc(-c2nnc3n(c2=O)CCC32CCN(C(=O)c3ccccc3C)C2)cc1. The fraction of sp³-hybridized carbons (Fsp3) is 0.333. The second kappa shape index (κ2) is 7.34. The maximum Gasteiger partial charge on any atom is 0.280 e. The van der Waals surface area contributed by atoms with Crippen molar-refractivity contribution in [2.75, 3.05) is 20.2 Å². The molecule has 1 amide bonds. The molecule has 1 unspecified atom stereocenters. The molecule has 1 fully saturated rings. The highest BCUT2D eigenvalue weighted by Gasteiger charge is 2.48. The predicted molar refractivity (Wildman–Crippen MR) is 116 cm³/mol. The first-order valence-corrected chi connectivity index (χ1v) is 10.5. The van der Waals surface area contributed by atoms with E-state index in [9.17, 15) is 9.59 Å². The first-order chi connectivity index (χ1) is 15.0. The van der Waals surface area contributed by atoms with Crippen LogP contribution in [-0.2, 0) is 12.0 Å². The third-order valence-electron chi connectivity index (χ3n) is 6.62. The predicted octanol–water partition coefficient (Wildman–Crippen LogP) is 2.81. The Labute approximate surface area is 180 Å². The van der Waals surface area contributed by atoms with Gasteiger partial charge in [-0.3, -0.25) is 14.2 Å². The fourth-order valence-electron chi connectivity index (χ4n) is 4.80. The average molecular weight is 416 g/mol. The molecule has 158 valence electrons. The van der Waals surface area contributed by atoms with Crippen LogP contribution in [0, 0.1) is 6.92 Å². The number of likely N-dealkylation sites (tertiary alicyclic amines) is 1. The van der Waals surface area contributed by atoms with Crippen molar-refractivity contribution < 1.29 is 9.53 Å². The Bertz CT molecular complexity index is 1220. The summed E-state index contributed by atoms with van der Waals surface area (Å²) in [6.07, 6.45) is 1.58. The van der Waals surface area contributed by atoms with Crippen molar-refractivity contribution in [1.29, 1.82) is 0 Å². The summed E-state index contributed by atoms with van der Waals surface area (Å²) in [6, 6.07) is 14.9. The molecule has 0 bridgehead atoms. The van der Waals surface area contributed by atoms with Crippen LogP contribution >= 0.6 is 0 Å². The average Bonchev–Trinajstić information content (AvgIpc) is 3.39. The first kappa shape index (κ1) is 19.5. The van der Waals surface area contributed by atoms with Crippen LogP contribution in [-0.4, -0.2) is 45.8 Å². The smallest absolute Gasteiger partial charge is 0.280 e. The van der Waals surface area contributed by atoms with Crippen molar-refractivity contribution in [3.8, 4) is 17.0 Å². The van der Waals surface area contributed by atoms with Gasteiger partial charge < -0.3 is 9.64 Å². The number of hydrogen-bond acceptors (Lipinski definition) is 5. The zero-order chi connectivity index (χ0) is 21.6. The third kappa shape index (κ3) is 3.12. The summed E-state index contributed by atoms with van der Waals surface area (Å²) in [5.41, 5.74) is 2.33. The van der Waals surface area contributed by atoms with Gasteiger partial charge in [0.25, 0.3) is 11.5 Å². The number of benzene rings is 2. The molecule has 7 heteroatoms. The summed E-state index contributed by atoms with van der Waals surface area (Å²) in [6.45, 7) is 3.77. The molecule has 1 atom stereocenters. The number of fused-ring (bicyclic) bond motifs is 2. The number of carbonyl (C=O) groups is 1. The van der Waals surface area contributed by atoms with Gasteiger partial charge in [0.05, 0.1) is 12.5 Å². The number of aromatic nitrogens is 3. The third-order valence-corrected chi connectivity index (χ3v) is 6.62. The summed E-state index contributed by atoms with van der Waals surface area (Å²) < 4.78 is 6.93. The Morgan fingerprint density at radius 1 is 1.03 bits per heavy atom. The van der Waals surface area contributed by atoms with Gasteiger partial charge in [-0.25, -0.2) is 0 Å². The molecule has 31 heavy (non-hydrogen) atoms. The lowest BCUT2D eigenvalue weighted by Crippen LogP contribution is -2.35. The molecule has 2 aliphatic heterocycles. The number of nitrogens with zero attached hydrogens (tertiary/aromatic N) is 4. The van der Waals surface area contributed by atoms with E-state index in [1.807, 2.05) is 60.4 Å². The maximum absolute atomic E-state index is 13.2. The normalized spacial score (nSPS) is 19.6. The standard InChI is InChI=1S/C24H24N4O3/c1-16-5-3-4-6-19(16)21(29)27-13-11-24(15-27)12-14-28-22(30)20(25-26-23(24)28)17-7-9-18(31-2)10-8-17/h3-10H,11-15H2,1-2H3. The summed E-state index contributed by atoms with van der Waals surface area (Å²) in [5.74, 6) is 1.47. The highest BCUT2D eigenvalue weighted by atomic mass is 16.5. The van der Waals surface area contributed by atoms with E-state index in [2.05, 4.69) is 10.2 Å². The minimum absolute atomic E-state index is 0.0404. The van der Waals surface area contributed by atoms with Crippen molar-refractivity contribution in [1.82, 2.24) is 19.7 Å². The Kier molecular flexibility index (Phi) is 4.61. The molecule has 3 heterocycles.